The molecule has 0 spiro atoms. The largest absolute Gasteiger partial charge is 0.483 e. The van der Waals surface area contributed by atoms with Crippen molar-refractivity contribution in [2.24, 2.45) is 5.92 Å². The van der Waals surface area contributed by atoms with Crippen molar-refractivity contribution in [3.63, 3.8) is 0 Å². The van der Waals surface area contributed by atoms with E-state index in [0.717, 1.165) is 6.07 Å². The Morgan fingerprint density at radius 2 is 1.53 bits per heavy atom. The first-order valence-electron chi connectivity index (χ1n) is 9.93. The standard InChI is InChI=1S/C22H17F9O3/c23-20(24,25)10-34-16-9-13(17(19(32)33)11-2-1-3-11)8-15(22(29,30)31)18(16)12-4-6-14(7-5-12)21(26,27)28/h4-9,11,17H,1-3,10H2,(H,32,33). The van der Waals surface area contributed by atoms with E-state index < -0.39 is 76.5 Å². The van der Waals surface area contributed by atoms with Gasteiger partial charge in [-0.05, 0) is 54.2 Å². The lowest BCUT2D eigenvalue weighted by Gasteiger charge is -2.32. The highest BCUT2D eigenvalue weighted by Gasteiger charge is 2.41. The van der Waals surface area contributed by atoms with Crippen molar-refractivity contribution >= 4 is 5.97 Å². The van der Waals surface area contributed by atoms with Gasteiger partial charge in [-0.15, -0.1) is 0 Å². The molecule has 0 bridgehead atoms. The molecule has 1 saturated carbocycles. The number of carbonyl (C=O) groups is 1. The molecule has 0 aromatic heterocycles. The lowest BCUT2D eigenvalue weighted by atomic mass is 9.72. The van der Waals surface area contributed by atoms with E-state index in [1.165, 1.54) is 0 Å². The quantitative estimate of drug-likeness (QED) is 0.424. The second-order valence-corrected chi connectivity index (χ2v) is 7.93. The van der Waals surface area contributed by atoms with Crippen molar-refractivity contribution < 1.29 is 54.2 Å². The Morgan fingerprint density at radius 3 is 1.94 bits per heavy atom. The molecule has 0 saturated heterocycles. The van der Waals surface area contributed by atoms with Gasteiger partial charge in [0.05, 0.1) is 17.0 Å². The number of benzene rings is 2. The number of halogens is 9. The van der Waals surface area contributed by atoms with Crippen LogP contribution in [0.5, 0.6) is 5.75 Å². The Hall–Kier alpha value is -2.92. The molecular weight excluding hydrogens is 483 g/mol. The third kappa shape index (κ3) is 5.76. The molecule has 1 aliphatic carbocycles. The maximum Gasteiger partial charge on any atom is 0.422 e. The summed E-state index contributed by atoms with van der Waals surface area (Å²) in [6.45, 7) is -1.98. The first-order chi connectivity index (χ1) is 15.6. The van der Waals surface area contributed by atoms with Gasteiger partial charge in [-0.2, -0.15) is 39.5 Å². The summed E-state index contributed by atoms with van der Waals surface area (Å²) in [7, 11) is 0. The van der Waals surface area contributed by atoms with Crippen LogP contribution >= 0.6 is 0 Å². The number of rotatable bonds is 6. The summed E-state index contributed by atoms with van der Waals surface area (Å²) in [5, 5.41) is 9.59. The van der Waals surface area contributed by atoms with E-state index in [1.807, 2.05) is 0 Å². The van der Waals surface area contributed by atoms with E-state index in [1.54, 1.807) is 0 Å². The van der Waals surface area contributed by atoms with Crippen molar-refractivity contribution in [3.8, 4) is 16.9 Å². The first-order valence-corrected chi connectivity index (χ1v) is 9.93. The van der Waals surface area contributed by atoms with E-state index in [0.29, 0.717) is 49.6 Å². The molecule has 1 aliphatic rings. The molecule has 1 unspecified atom stereocenters. The van der Waals surface area contributed by atoms with E-state index in [9.17, 15) is 49.4 Å². The molecule has 1 atom stereocenters. The van der Waals surface area contributed by atoms with Gasteiger partial charge in [0.1, 0.15) is 5.75 Å². The fraction of sp³-hybridized carbons (Fsp3) is 0.409. The molecule has 0 heterocycles. The summed E-state index contributed by atoms with van der Waals surface area (Å²) in [6.07, 6.45) is -13.4. The van der Waals surface area contributed by atoms with Gasteiger partial charge in [-0.1, -0.05) is 18.6 Å². The average molecular weight is 500 g/mol. The number of carboxylic acids is 1. The number of aliphatic carboxylic acids is 1. The Balaban J connectivity index is 2.23. The van der Waals surface area contributed by atoms with Gasteiger partial charge in [0.25, 0.3) is 0 Å². The van der Waals surface area contributed by atoms with Gasteiger partial charge in [-0.3, -0.25) is 4.79 Å². The number of hydrogen-bond acceptors (Lipinski definition) is 2. The molecule has 2 aromatic rings. The maximum atomic E-state index is 14.0. The summed E-state index contributed by atoms with van der Waals surface area (Å²) in [5.41, 5.74) is -4.45. The van der Waals surface area contributed by atoms with Crippen molar-refractivity contribution in [2.75, 3.05) is 6.61 Å². The Morgan fingerprint density at radius 1 is 0.941 bits per heavy atom. The van der Waals surface area contributed by atoms with Crippen molar-refractivity contribution in [1.29, 1.82) is 0 Å². The van der Waals surface area contributed by atoms with E-state index in [4.69, 9.17) is 0 Å². The summed E-state index contributed by atoms with van der Waals surface area (Å²) in [5.74, 6) is -4.29. The van der Waals surface area contributed by atoms with E-state index in [2.05, 4.69) is 4.74 Å². The van der Waals surface area contributed by atoms with Gasteiger partial charge in [0, 0.05) is 5.56 Å². The van der Waals surface area contributed by atoms with E-state index >= 15 is 0 Å². The van der Waals surface area contributed by atoms with E-state index in [-0.39, 0.29) is 0 Å². The Labute approximate surface area is 187 Å². The molecule has 3 nitrogen and oxygen atoms in total. The molecule has 0 radical (unpaired) electrons. The van der Waals surface area contributed by atoms with Gasteiger partial charge in [0.2, 0.25) is 0 Å². The van der Waals surface area contributed by atoms with Crippen LogP contribution < -0.4 is 4.74 Å². The van der Waals surface area contributed by atoms with Gasteiger partial charge in [0.15, 0.2) is 6.61 Å². The molecule has 1 fully saturated rings. The molecule has 34 heavy (non-hydrogen) atoms. The predicted octanol–water partition coefficient (Wildman–Crippen LogP) is 7.30. The van der Waals surface area contributed by atoms with Crippen LogP contribution in [-0.4, -0.2) is 23.9 Å². The lowest BCUT2D eigenvalue weighted by Crippen LogP contribution is -2.27. The SMILES string of the molecule is O=C(O)C(c1cc(OCC(F)(F)F)c(-c2ccc(C(F)(F)F)cc2)c(C(F)(F)F)c1)C1CCC1. The summed E-state index contributed by atoms with van der Waals surface area (Å²) < 4.78 is 124. The minimum Gasteiger partial charge on any atom is -0.483 e. The molecule has 186 valence electrons. The second-order valence-electron chi connectivity index (χ2n) is 7.93. The third-order valence-corrected chi connectivity index (χ3v) is 5.57. The van der Waals surface area contributed by atoms with Crippen LogP contribution in [0.25, 0.3) is 11.1 Å². The van der Waals surface area contributed by atoms with Crippen molar-refractivity contribution in [3.05, 3.63) is 53.1 Å². The summed E-state index contributed by atoms with van der Waals surface area (Å²) in [4.78, 5) is 11.8. The summed E-state index contributed by atoms with van der Waals surface area (Å²) >= 11 is 0. The lowest BCUT2D eigenvalue weighted by molar-refractivity contribution is -0.153. The normalized spacial score (nSPS) is 16.1. The van der Waals surface area contributed by atoms with Crippen LogP contribution in [-0.2, 0) is 17.1 Å². The fourth-order valence-corrected chi connectivity index (χ4v) is 3.83. The van der Waals surface area contributed by atoms with Crippen molar-refractivity contribution in [2.45, 2.75) is 43.7 Å². The van der Waals surface area contributed by atoms with Gasteiger partial charge >= 0.3 is 24.5 Å². The number of alkyl halides is 9. The maximum absolute atomic E-state index is 14.0. The van der Waals surface area contributed by atoms with Crippen LogP contribution in [0.15, 0.2) is 36.4 Å². The third-order valence-electron chi connectivity index (χ3n) is 5.57. The number of carboxylic acid groups (broad SMARTS) is 1. The highest BCUT2D eigenvalue weighted by atomic mass is 19.4. The van der Waals surface area contributed by atoms with Crippen LogP contribution in [0.3, 0.4) is 0 Å². The highest BCUT2D eigenvalue weighted by molar-refractivity contribution is 5.80. The topological polar surface area (TPSA) is 46.5 Å². The number of hydrogen-bond donors (Lipinski definition) is 1. The number of ether oxygens (including phenoxy) is 1. The fourth-order valence-electron chi connectivity index (χ4n) is 3.83. The van der Waals surface area contributed by atoms with Crippen LogP contribution in [0.4, 0.5) is 39.5 Å². The Kier molecular flexibility index (Phi) is 6.82. The molecule has 2 aromatic carbocycles. The molecule has 1 N–H and O–H groups in total. The van der Waals surface area contributed by atoms with Crippen LogP contribution in [0.1, 0.15) is 41.9 Å². The zero-order valence-electron chi connectivity index (χ0n) is 17.1. The van der Waals surface area contributed by atoms with Crippen LogP contribution in [0.2, 0.25) is 0 Å². The van der Waals surface area contributed by atoms with Gasteiger partial charge in [-0.25, -0.2) is 0 Å². The molecule has 0 amide bonds. The first kappa shape index (κ1) is 25.7. The molecule has 12 heteroatoms. The average Bonchev–Trinajstić information content (AvgIpc) is 2.66. The smallest absolute Gasteiger partial charge is 0.422 e. The molecule has 0 aliphatic heterocycles. The minimum atomic E-state index is -5.17. The molecular formula is C22H17F9O3. The zero-order valence-corrected chi connectivity index (χ0v) is 17.1. The monoisotopic (exact) mass is 500 g/mol. The van der Waals surface area contributed by atoms with Crippen LogP contribution in [0, 0.1) is 5.92 Å². The Bertz CT molecular complexity index is 1030. The van der Waals surface area contributed by atoms with Crippen molar-refractivity contribution in [1.82, 2.24) is 0 Å². The highest BCUT2D eigenvalue weighted by Crippen LogP contribution is 2.48. The zero-order chi connectivity index (χ0) is 25.5. The second kappa shape index (κ2) is 9.03. The summed E-state index contributed by atoms with van der Waals surface area (Å²) in [6, 6.07) is 3.68. The van der Waals surface area contributed by atoms with Gasteiger partial charge < -0.3 is 9.84 Å². The molecule has 3 rings (SSSR count). The minimum absolute atomic E-state index is 0.391. The predicted molar refractivity (Wildman–Crippen MR) is 101 cm³/mol.